The number of carbonyl (C=O) groups excluding carboxylic acids is 1. The van der Waals surface area contributed by atoms with Gasteiger partial charge in [0.25, 0.3) is 0 Å². The number of carbonyl (C=O) groups is 1. The Balaban J connectivity index is 2.38. The number of ether oxygens (including phenoxy) is 1. The van der Waals surface area contributed by atoms with E-state index in [1.54, 1.807) is 11.8 Å². The van der Waals surface area contributed by atoms with Crippen molar-refractivity contribution in [2.75, 3.05) is 18.6 Å². The molecule has 1 fully saturated rings. The zero-order chi connectivity index (χ0) is 10.8. The molecule has 0 aromatic carbocycles. The zero-order valence-electron chi connectivity index (χ0n) is 9.37. The molecule has 1 heterocycles. The summed E-state index contributed by atoms with van der Waals surface area (Å²) in [6.07, 6.45) is 3.01. The van der Waals surface area contributed by atoms with Crippen LogP contribution in [0.5, 0.6) is 0 Å². The first-order chi connectivity index (χ1) is 6.44. The van der Waals surface area contributed by atoms with E-state index in [1.807, 2.05) is 25.7 Å². The van der Waals surface area contributed by atoms with E-state index in [0.29, 0.717) is 6.04 Å². The average Bonchev–Trinajstić information content (AvgIpc) is 1.93. The zero-order valence-corrected chi connectivity index (χ0v) is 10.2. The van der Waals surface area contributed by atoms with Crippen molar-refractivity contribution in [3.63, 3.8) is 0 Å². The van der Waals surface area contributed by atoms with Crippen molar-refractivity contribution in [3.8, 4) is 0 Å². The molecule has 4 heteroatoms. The largest absolute Gasteiger partial charge is 0.444 e. The molecule has 0 aromatic rings. The normalized spacial score (nSPS) is 21.7. The first-order valence-electron chi connectivity index (χ1n) is 4.92. The van der Waals surface area contributed by atoms with Crippen molar-refractivity contribution in [1.29, 1.82) is 0 Å². The topological polar surface area (TPSA) is 29.5 Å². The molecule has 0 saturated carbocycles. The van der Waals surface area contributed by atoms with E-state index in [1.165, 1.54) is 0 Å². The molecule has 0 N–H and O–H groups in total. The van der Waals surface area contributed by atoms with Crippen molar-refractivity contribution < 1.29 is 9.53 Å². The maximum atomic E-state index is 11.6. The fourth-order valence-corrected chi connectivity index (χ4v) is 2.10. The molecule has 1 saturated heterocycles. The molecule has 3 nitrogen and oxygen atoms in total. The van der Waals surface area contributed by atoms with E-state index in [9.17, 15) is 4.79 Å². The number of nitrogens with zero attached hydrogens (tertiary/aromatic N) is 1. The van der Waals surface area contributed by atoms with Crippen LogP contribution in [0.15, 0.2) is 0 Å². The average molecular weight is 217 g/mol. The lowest BCUT2D eigenvalue weighted by Gasteiger charge is -2.41. The predicted molar refractivity (Wildman–Crippen MR) is 59.7 cm³/mol. The van der Waals surface area contributed by atoms with Gasteiger partial charge >= 0.3 is 6.09 Å². The summed E-state index contributed by atoms with van der Waals surface area (Å²) >= 11 is 1.78. The van der Waals surface area contributed by atoms with Crippen LogP contribution in [0.4, 0.5) is 4.79 Å². The summed E-state index contributed by atoms with van der Waals surface area (Å²) < 4.78 is 5.30. The molecule has 0 unspecified atom stereocenters. The van der Waals surface area contributed by atoms with Gasteiger partial charge < -0.3 is 9.64 Å². The summed E-state index contributed by atoms with van der Waals surface area (Å²) in [6, 6.07) is 0.389. The van der Waals surface area contributed by atoms with E-state index in [-0.39, 0.29) is 11.7 Å². The van der Waals surface area contributed by atoms with Gasteiger partial charge in [-0.3, -0.25) is 0 Å². The Morgan fingerprint density at radius 2 is 2.21 bits per heavy atom. The van der Waals surface area contributed by atoms with Crippen LogP contribution in [0.2, 0.25) is 0 Å². The Labute approximate surface area is 90.2 Å². The lowest BCUT2D eigenvalue weighted by Crippen LogP contribution is -2.53. The van der Waals surface area contributed by atoms with E-state index >= 15 is 0 Å². The molecule has 1 aliphatic heterocycles. The molecule has 1 aliphatic rings. The lowest BCUT2D eigenvalue weighted by atomic mass is 10.1. The second-order valence-electron chi connectivity index (χ2n) is 4.57. The van der Waals surface area contributed by atoms with Crippen LogP contribution in [0.25, 0.3) is 0 Å². The minimum Gasteiger partial charge on any atom is -0.444 e. The van der Waals surface area contributed by atoms with Crippen molar-refractivity contribution in [1.82, 2.24) is 4.90 Å². The minimum atomic E-state index is -0.378. The van der Waals surface area contributed by atoms with Gasteiger partial charge in [-0.1, -0.05) is 0 Å². The minimum absolute atomic E-state index is 0.164. The number of amides is 1. The van der Waals surface area contributed by atoms with E-state index < -0.39 is 0 Å². The van der Waals surface area contributed by atoms with Crippen LogP contribution in [0.3, 0.4) is 0 Å². The quantitative estimate of drug-likeness (QED) is 0.711. The van der Waals surface area contributed by atoms with E-state index in [2.05, 4.69) is 6.26 Å². The molecule has 0 radical (unpaired) electrons. The lowest BCUT2D eigenvalue weighted by molar-refractivity contribution is -0.000912. The third kappa shape index (κ3) is 3.08. The molecule has 0 aromatic heterocycles. The van der Waals surface area contributed by atoms with Gasteiger partial charge in [-0.25, -0.2) is 4.79 Å². The van der Waals surface area contributed by atoms with Crippen LogP contribution in [-0.4, -0.2) is 41.2 Å². The van der Waals surface area contributed by atoms with Crippen LogP contribution in [0, 0.1) is 0 Å². The number of hydrogen-bond acceptors (Lipinski definition) is 3. The highest BCUT2D eigenvalue weighted by Crippen LogP contribution is 2.23. The Morgan fingerprint density at radius 3 is 2.57 bits per heavy atom. The van der Waals surface area contributed by atoms with Gasteiger partial charge in [-0.05, 0) is 33.4 Å². The molecular weight excluding hydrogens is 198 g/mol. The third-order valence-corrected chi connectivity index (χ3v) is 2.85. The summed E-state index contributed by atoms with van der Waals surface area (Å²) in [5.41, 5.74) is -0.378. The molecular formula is C10H19NO2S. The fourth-order valence-electron chi connectivity index (χ4n) is 1.37. The summed E-state index contributed by atoms with van der Waals surface area (Å²) in [6.45, 7) is 6.54. The summed E-state index contributed by atoms with van der Waals surface area (Å²) in [7, 11) is 0. The van der Waals surface area contributed by atoms with Crippen LogP contribution in [-0.2, 0) is 4.74 Å². The number of thioether (sulfide) groups is 1. The third-order valence-electron chi connectivity index (χ3n) is 2.13. The molecule has 1 amide bonds. The molecule has 1 rings (SSSR count). The highest BCUT2D eigenvalue weighted by molar-refractivity contribution is 7.98. The second-order valence-corrected chi connectivity index (χ2v) is 5.48. The standard InChI is InChI=1S/C10H19NO2S/c1-10(2,3)13-9(12)11-6-5-8(11)7-14-4/h8H,5-7H2,1-4H3/t8-/m0/s1. The smallest absolute Gasteiger partial charge is 0.410 e. The van der Waals surface area contributed by atoms with Gasteiger partial charge in [0.2, 0.25) is 0 Å². The Morgan fingerprint density at radius 1 is 1.57 bits per heavy atom. The van der Waals surface area contributed by atoms with Gasteiger partial charge in [0.05, 0.1) is 0 Å². The molecule has 1 atom stereocenters. The van der Waals surface area contributed by atoms with Crippen LogP contribution < -0.4 is 0 Å². The van der Waals surface area contributed by atoms with Gasteiger partial charge in [0, 0.05) is 18.3 Å². The number of likely N-dealkylation sites (tertiary alicyclic amines) is 1. The molecule has 0 bridgehead atoms. The molecule has 0 spiro atoms. The van der Waals surface area contributed by atoms with Gasteiger partial charge in [0.15, 0.2) is 0 Å². The first-order valence-corrected chi connectivity index (χ1v) is 6.32. The highest BCUT2D eigenvalue weighted by atomic mass is 32.2. The van der Waals surface area contributed by atoms with Gasteiger partial charge in [0.1, 0.15) is 5.60 Å². The summed E-state index contributed by atoms with van der Waals surface area (Å²) in [4.78, 5) is 13.4. The van der Waals surface area contributed by atoms with Crippen molar-refractivity contribution in [2.45, 2.75) is 38.8 Å². The monoisotopic (exact) mass is 217 g/mol. The van der Waals surface area contributed by atoms with E-state index in [4.69, 9.17) is 4.74 Å². The van der Waals surface area contributed by atoms with Crippen LogP contribution >= 0.6 is 11.8 Å². The first kappa shape index (κ1) is 11.7. The molecule has 14 heavy (non-hydrogen) atoms. The van der Waals surface area contributed by atoms with Crippen LogP contribution in [0.1, 0.15) is 27.2 Å². The van der Waals surface area contributed by atoms with E-state index in [0.717, 1.165) is 18.7 Å². The highest BCUT2D eigenvalue weighted by Gasteiger charge is 2.34. The summed E-state index contributed by atoms with van der Waals surface area (Å²) in [5.74, 6) is 1.01. The molecule has 0 aliphatic carbocycles. The van der Waals surface area contributed by atoms with Gasteiger partial charge in [-0.15, -0.1) is 0 Å². The van der Waals surface area contributed by atoms with Gasteiger partial charge in [-0.2, -0.15) is 11.8 Å². The summed E-state index contributed by atoms with van der Waals surface area (Å²) in [5, 5.41) is 0. The second kappa shape index (κ2) is 4.43. The SMILES string of the molecule is CSC[C@@H]1CCN1C(=O)OC(C)(C)C. The maximum absolute atomic E-state index is 11.6. The Bertz CT molecular complexity index is 213. The van der Waals surface area contributed by atoms with Crippen molar-refractivity contribution in [3.05, 3.63) is 0 Å². The number of hydrogen-bond donors (Lipinski definition) is 0. The van der Waals surface area contributed by atoms with Crippen molar-refractivity contribution in [2.24, 2.45) is 0 Å². The Hall–Kier alpha value is -0.380. The molecule has 82 valence electrons. The Kier molecular flexibility index (Phi) is 3.70. The van der Waals surface area contributed by atoms with Crippen molar-refractivity contribution >= 4 is 17.9 Å². The predicted octanol–water partition coefficient (Wildman–Crippen LogP) is 2.36. The number of rotatable bonds is 2. The maximum Gasteiger partial charge on any atom is 0.410 e. The fraction of sp³-hybridized carbons (Fsp3) is 0.900.